The molecule has 1 aromatic carbocycles. The number of nitrogens with two attached hydrogens (primary N) is 1. The number of anilines is 1. The van der Waals surface area contributed by atoms with Gasteiger partial charge in [0.15, 0.2) is 0 Å². The number of benzene rings is 1. The van der Waals surface area contributed by atoms with E-state index in [4.69, 9.17) is 5.73 Å². The number of aryl methyl sites for hydroxylation is 2. The fraction of sp³-hybridized carbons (Fsp3) is 0.214. The second kappa shape index (κ2) is 5.73. The first-order valence-electron chi connectivity index (χ1n) is 5.63. The number of hydrogen-bond acceptors (Lipinski definition) is 3. The van der Waals surface area contributed by atoms with E-state index in [1.165, 1.54) is 16.0 Å². The maximum absolute atomic E-state index is 5.79. The van der Waals surface area contributed by atoms with Crippen molar-refractivity contribution >= 4 is 17.4 Å². The Morgan fingerprint density at radius 2 is 1.94 bits per heavy atom. The average Bonchev–Trinajstić information content (AvgIpc) is 2.35. The van der Waals surface area contributed by atoms with Crippen molar-refractivity contribution < 1.29 is 0 Å². The molecule has 0 amide bonds. The van der Waals surface area contributed by atoms with Crippen LogP contribution in [0.3, 0.4) is 0 Å². The maximum Gasteiger partial charge on any atom is 0.0325 e. The number of hydrogen-bond donors (Lipinski definition) is 1. The normalized spacial score (nSPS) is 10.4. The molecule has 0 bridgehead atoms. The summed E-state index contributed by atoms with van der Waals surface area (Å²) in [5, 5.41) is 0. The number of nitrogens with zero attached hydrogens (tertiary/aromatic N) is 1. The summed E-state index contributed by atoms with van der Waals surface area (Å²) in [7, 11) is 0. The minimum atomic E-state index is 0.835. The van der Waals surface area contributed by atoms with Crippen LogP contribution in [0.5, 0.6) is 0 Å². The summed E-state index contributed by atoms with van der Waals surface area (Å²) in [5.41, 5.74) is 9.24. The second-order valence-corrected chi connectivity index (χ2v) is 5.12. The van der Waals surface area contributed by atoms with E-state index in [0.29, 0.717) is 0 Å². The van der Waals surface area contributed by atoms with Gasteiger partial charge in [0.25, 0.3) is 0 Å². The van der Waals surface area contributed by atoms with Gasteiger partial charge in [-0.1, -0.05) is 6.07 Å². The molecule has 17 heavy (non-hydrogen) atoms. The zero-order valence-electron chi connectivity index (χ0n) is 9.89. The number of nitrogen functional groups attached to an aromatic ring is 1. The summed E-state index contributed by atoms with van der Waals surface area (Å²) in [4.78, 5) is 5.29. The summed E-state index contributed by atoms with van der Waals surface area (Å²) in [6.45, 7) is 2.12. The van der Waals surface area contributed by atoms with E-state index in [1.54, 1.807) is 0 Å². The van der Waals surface area contributed by atoms with Crippen LogP contribution in [0, 0.1) is 6.92 Å². The SMILES string of the molecule is Cc1ccc(N)cc1SCCc1ccncc1. The second-order valence-electron chi connectivity index (χ2n) is 3.98. The van der Waals surface area contributed by atoms with Gasteiger partial charge >= 0.3 is 0 Å². The molecule has 3 heteroatoms. The molecular formula is C14H16N2S. The summed E-state index contributed by atoms with van der Waals surface area (Å²) < 4.78 is 0. The molecule has 1 heterocycles. The van der Waals surface area contributed by atoms with Crippen LogP contribution in [0.2, 0.25) is 0 Å². The van der Waals surface area contributed by atoms with Crippen LogP contribution in [0.25, 0.3) is 0 Å². The molecule has 0 atom stereocenters. The Hall–Kier alpha value is -1.48. The third kappa shape index (κ3) is 3.49. The Labute approximate surface area is 106 Å². The molecule has 0 saturated heterocycles. The van der Waals surface area contributed by atoms with Crippen LogP contribution in [0.4, 0.5) is 5.69 Å². The first kappa shape index (κ1) is 12.0. The van der Waals surface area contributed by atoms with Crippen molar-refractivity contribution in [2.24, 2.45) is 0 Å². The fourth-order valence-corrected chi connectivity index (χ4v) is 2.67. The lowest BCUT2D eigenvalue weighted by Crippen LogP contribution is -1.91. The third-order valence-corrected chi connectivity index (χ3v) is 3.77. The third-order valence-electron chi connectivity index (χ3n) is 2.61. The molecule has 2 N–H and O–H groups in total. The van der Waals surface area contributed by atoms with Gasteiger partial charge in [0, 0.05) is 28.7 Å². The van der Waals surface area contributed by atoms with Crippen molar-refractivity contribution in [2.45, 2.75) is 18.2 Å². The highest BCUT2D eigenvalue weighted by Crippen LogP contribution is 2.25. The van der Waals surface area contributed by atoms with Crippen LogP contribution in [-0.2, 0) is 6.42 Å². The van der Waals surface area contributed by atoms with Gasteiger partial charge in [0.1, 0.15) is 0 Å². The van der Waals surface area contributed by atoms with E-state index in [9.17, 15) is 0 Å². The van der Waals surface area contributed by atoms with Gasteiger partial charge in [0.2, 0.25) is 0 Å². The Kier molecular flexibility index (Phi) is 4.04. The van der Waals surface area contributed by atoms with Gasteiger partial charge in [-0.15, -0.1) is 11.8 Å². The molecule has 0 aliphatic carbocycles. The van der Waals surface area contributed by atoms with Crippen molar-refractivity contribution in [3.05, 3.63) is 53.9 Å². The molecule has 0 fully saturated rings. The summed E-state index contributed by atoms with van der Waals surface area (Å²) >= 11 is 1.86. The fourth-order valence-electron chi connectivity index (χ4n) is 1.60. The highest BCUT2D eigenvalue weighted by atomic mass is 32.2. The zero-order chi connectivity index (χ0) is 12.1. The van der Waals surface area contributed by atoms with Gasteiger partial charge in [-0.25, -0.2) is 0 Å². The molecule has 0 unspecified atom stereocenters. The Balaban J connectivity index is 1.92. The zero-order valence-corrected chi connectivity index (χ0v) is 10.7. The highest BCUT2D eigenvalue weighted by Gasteiger charge is 2.00. The Bertz CT molecular complexity index is 483. The van der Waals surface area contributed by atoms with Crippen molar-refractivity contribution in [3.8, 4) is 0 Å². The highest BCUT2D eigenvalue weighted by molar-refractivity contribution is 7.99. The van der Waals surface area contributed by atoms with Gasteiger partial charge in [-0.05, 0) is 48.7 Å². The molecule has 0 radical (unpaired) electrons. The first-order chi connectivity index (χ1) is 8.25. The van der Waals surface area contributed by atoms with Crippen molar-refractivity contribution in [3.63, 3.8) is 0 Å². The molecule has 0 saturated carbocycles. The minimum absolute atomic E-state index is 0.835. The number of aromatic nitrogens is 1. The summed E-state index contributed by atoms with van der Waals surface area (Å²) in [5.74, 6) is 1.06. The van der Waals surface area contributed by atoms with Crippen molar-refractivity contribution in [1.29, 1.82) is 0 Å². The number of rotatable bonds is 4. The molecule has 0 spiro atoms. The lowest BCUT2D eigenvalue weighted by atomic mass is 10.2. The van der Waals surface area contributed by atoms with E-state index >= 15 is 0 Å². The molecule has 88 valence electrons. The standard InChI is InChI=1S/C14H16N2S/c1-11-2-3-13(15)10-14(11)17-9-6-12-4-7-16-8-5-12/h2-5,7-8,10H,6,9,15H2,1H3. The van der Waals surface area contributed by atoms with Crippen molar-refractivity contribution in [2.75, 3.05) is 11.5 Å². The van der Waals surface area contributed by atoms with Crippen LogP contribution in [-0.4, -0.2) is 10.7 Å². The van der Waals surface area contributed by atoms with E-state index < -0.39 is 0 Å². The quantitative estimate of drug-likeness (QED) is 0.662. The largest absolute Gasteiger partial charge is 0.399 e. The predicted molar refractivity (Wildman–Crippen MR) is 74.3 cm³/mol. The van der Waals surface area contributed by atoms with Crippen LogP contribution < -0.4 is 5.73 Å². The maximum atomic E-state index is 5.79. The van der Waals surface area contributed by atoms with Gasteiger partial charge in [-0.2, -0.15) is 0 Å². The lowest BCUT2D eigenvalue weighted by molar-refractivity contribution is 1.13. The minimum Gasteiger partial charge on any atom is -0.399 e. The molecule has 2 aromatic rings. The molecule has 2 rings (SSSR count). The predicted octanol–water partition coefficient (Wildman–Crippen LogP) is 3.31. The van der Waals surface area contributed by atoms with Crippen molar-refractivity contribution in [1.82, 2.24) is 4.98 Å². The molecule has 0 aliphatic heterocycles. The molecular weight excluding hydrogens is 228 g/mol. The number of pyridine rings is 1. The topological polar surface area (TPSA) is 38.9 Å². The van der Waals surface area contributed by atoms with Crippen LogP contribution >= 0.6 is 11.8 Å². The average molecular weight is 244 g/mol. The number of thioether (sulfide) groups is 1. The molecule has 1 aromatic heterocycles. The van der Waals surface area contributed by atoms with E-state index in [0.717, 1.165) is 17.9 Å². The summed E-state index contributed by atoms with van der Waals surface area (Å²) in [6.07, 6.45) is 4.74. The smallest absolute Gasteiger partial charge is 0.0325 e. The van der Waals surface area contributed by atoms with E-state index in [1.807, 2.05) is 36.3 Å². The van der Waals surface area contributed by atoms with E-state index in [-0.39, 0.29) is 0 Å². The van der Waals surface area contributed by atoms with E-state index in [2.05, 4.69) is 30.1 Å². The summed E-state index contributed by atoms with van der Waals surface area (Å²) in [6, 6.07) is 10.2. The van der Waals surface area contributed by atoms with Gasteiger partial charge < -0.3 is 5.73 Å². The van der Waals surface area contributed by atoms with Crippen LogP contribution in [0.15, 0.2) is 47.6 Å². The van der Waals surface area contributed by atoms with Gasteiger partial charge in [0.05, 0.1) is 0 Å². The molecule has 2 nitrogen and oxygen atoms in total. The molecule has 0 aliphatic rings. The van der Waals surface area contributed by atoms with Gasteiger partial charge in [-0.3, -0.25) is 4.98 Å². The first-order valence-corrected chi connectivity index (χ1v) is 6.62. The Morgan fingerprint density at radius 1 is 1.18 bits per heavy atom. The Morgan fingerprint density at radius 3 is 2.71 bits per heavy atom. The van der Waals surface area contributed by atoms with Crippen LogP contribution in [0.1, 0.15) is 11.1 Å². The monoisotopic (exact) mass is 244 g/mol. The lowest BCUT2D eigenvalue weighted by Gasteiger charge is -2.06.